The molecule has 1 heterocycles. The van der Waals surface area contributed by atoms with E-state index in [2.05, 4.69) is 0 Å². The van der Waals surface area contributed by atoms with Crippen molar-refractivity contribution >= 4 is 21.9 Å². The van der Waals surface area contributed by atoms with Crippen molar-refractivity contribution in [1.29, 1.82) is 0 Å². The number of benzene rings is 2. The van der Waals surface area contributed by atoms with Gasteiger partial charge in [0.05, 0.1) is 17.4 Å². The van der Waals surface area contributed by atoms with Crippen molar-refractivity contribution in [1.82, 2.24) is 9.21 Å². The average molecular weight is 493 g/mol. The zero-order valence-electron chi connectivity index (χ0n) is 19.3. The van der Waals surface area contributed by atoms with Gasteiger partial charge in [0.2, 0.25) is 10.0 Å². The molecule has 0 radical (unpaired) electrons. The van der Waals surface area contributed by atoms with Gasteiger partial charge in [-0.15, -0.1) is 0 Å². The second-order valence-corrected chi connectivity index (χ2v) is 10.0. The van der Waals surface area contributed by atoms with Crippen LogP contribution < -0.4 is 4.74 Å². The smallest absolute Gasteiger partial charge is 0.309 e. The number of hydrogen-bond acceptors (Lipinski definition) is 6. The van der Waals surface area contributed by atoms with Crippen LogP contribution in [0.15, 0.2) is 53.4 Å². The van der Waals surface area contributed by atoms with Crippen LogP contribution in [0.25, 0.3) is 0 Å². The van der Waals surface area contributed by atoms with E-state index in [9.17, 15) is 22.4 Å². The number of piperidine rings is 1. The number of ether oxygens (including phenoxy) is 2. The number of halogens is 1. The van der Waals surface area contributed by atoms with Gasteiger partial charge in [-0.3, -0.25) is 9.59 Å². The number of carbonyl (C=O) groups excluding carboxylic acids is 2. The highest BCUT2D eigenvalue weighted by molar-refractivity contribution is 7.89. The SMILES string of the molecule is CCOc1ccc(CN(C)C(=O)COC(=O)C2CCN(S(=O)(=O)c3ccc(F)cc3)CC2)cc1. The first-order valence-electron chi connectivity index (χ1n) is 11.1. The van der Waals surface area contributed by atoms with Crippen molar-refractivity contribution in [2.75, 3.05) is 33.4 Å². The third kappa shape index (κ3) is 6.54. The lowest BCUT2D eigenvalue weighted by molar-refractivity contribution is -0.156. The van der Waals surface area contributed by atoms with Gasteiger partial charge in [-0.2, -0.15) is 4.31 Å². The zero-order chi connectivity index (χ0) is 24.7. The number of nitrogens with zero attached hydrogens (tertiary/aromatic N) is 2. The molecule has 2 aromatic rings. The van der Waals surface area contributed by atoms with Gasteiger partial charge in [-0.1, -0.05) is 12.1 Å². The van der Waals surface area contributed by atoms with Crippen LogP contribution in [0.5, 0.6) is 5.75 Å². The summed E-state index contributed by atoms with van der Waals surface area (Å²) in [4.78, 5) is 26.3. The lowest BCUT2D eigenvalue weighted by atomic mass is 9.98. The van der Waals surface area contributed by atoms with E-state index in [0.717, 1.165) is 23.4 Å². The van der Waals surface area contributed by atoms with E-state index in [-0.39, 0.29) is 43.3 Å². The summed E-state index contributed by atoms with van der Waals surface area (Å²) >= 11 is 0. The molecule has 3 rings (SSSR count). The minimum absolute atomic E-state index is 0.0103. The monoisotopic (exact) mass is 492 g/mol. The van der Waals surface area contributed by atoms with Crippen molar-refractivity contribution < 1.29 is 31.9 Å². The van der Waals surface area contributed by atoms with Gasteiger partial charge >= 0.3 is 5.97 Å². The van der Waals surface area contributed by atoms with E-state index in [4.69, 9.17) is 9.47 Å². The summed E-state index contributed by atoms with van der Waals surface area (Å²) in [5, 5.41) is 0. The van der Waals surface area contributed by atoms with E-state index in [1.54, 1.807) is 7.05 Å². The zero-order valence-corrected chi connectivity index (χ0v) is 20.1. The molecule has 184 valence electrons. The molecule has 34 heavy (non-hydrogen) atoms. The number of sulfonamides is 1. The van der Waals surface area contributed by atoms with Gasteiger partial charge in [0.15, 0.2) is 6.61 Å². The van der Waals surface area contributed by atoms with Crippen molar-refractivity contribution in [2.45, 2.75) is 31.2 Å². The predicted molar refractivity (Wildman–Crippen MR) is 123 cm³/mol. The fraction of sp³-hybridized carbons (Fsp3) is 0.417. The van der Waals surface area contributed by atoms with E-state index in [1.165, 1.54) is 21.3 Å². The van der Waals surface area contributed by atoms with Crippen LogP contribution >= 0.6 is 0 Å². The third-order valence-electron chi connectivity index (χ3n) is 5.66. The van der Waals surface area contributed by atoms with Gasteiger partial charge in [-0.25, -0.2) is 12.8 Å². The van der Waals surface area contributed by atoms with Gasteiger partial charge in [0.25, 0.3) is 5.91 Å². The average Bonchev–Trinajstić information content (AvgIpc) is 2.84. The first kappa shape index (κ1) is 25.6. The highest BCUT2D eigenvalue weighted by atomic mass is 32.2. The maximum absolute atomic E-state index is 13.1. The summed E-state index contributed by atoms with van der Waals surface area (Å²) in [5.74, 6) is -1.09. The minimum atomic E-state index is -3.75. The second kappa shape index (κ2) is 11.4. The van der Waals surface area contributed by atoms with Gasteiger partial charge in [0, 0.05) is 26.7 Å². The summed E-state index contributed by atoms with van der Waals surface area (Å²) in [7, 11) is -2.12. The van der Waals surface area contributed by atoms with Crippen LogP contribution in [0.2, 0.25) is 0 Å². The molecule has 0 saturated carbocycles. The standard InChI is InChI=1S/C24H29FN2O6S/c1-3-32-21-8-4-18(5-9-21)16-26(2)23(28)17-33-24(29)19-12-14-27(15-13-19)34(30,31)22-10-6-20(25)7-11-22/h4-11,19H,3,12-17H2,1-2H3. The Bertz CT molecular complexity index is 1080. The summed E-state index contributed by atoms with van der Waals surface area (Å²) < 4.78 is 50.4. The fourth-order valence-corrected chi connectivity index (χ4v) is 5.14. The molecular formula is C24H29FN2O6S. The number of amides is 1. The molecule has 0 spiro atoms. The number of likely N-dealkylation sites (N-methyl/N-ethyl adjacent to an activating group) is 1. The number of hydrogen-bond donors (Lipinski definition) is 0. The first-order valence-corrected chi connectivity index (χ1v) is 12.5. The summed E-state index contributed by atoms with van der Waals surface area (Å²) in [5.41, 5.74) is 0.917. The molecule has 0 N–H and O–H groups in total. The molecule has 0 bridgehead atoms. The topological polar surface area (TPSA) is 93.2 Å². The molecule has 2 aromatic carbocycles. The van der Waals surface area contributed by atoms with E-state index >= 15 is 0 Å². The number of carbonyl (C=O) groups is 2. The van der Waals surface area contributed by atoms with Crippen molar-refractivity contribution in [3.63, 3.8) is 0 Å². The molecule has 1 amide bonds. The molecular weight excluding hydrogens is 463 g/mol. The van der Waals surface area contributed by atoms with Crippen LogP contribution in [0, 0.1) is 11.7 Å². The van der Waals surface area contributed by atoms with Gasteiger partial charge < -0.3 is 14.4 Å². The molecule has 1 aliphatic heterocycles. The van der Waals surface area contributed by atoms with Gasteiger partial charge in [0.1, 0.15) is 11.6 Å². The Morgan fingerprint density at radius 1 is 1.06 bits per heavy atom. The Morgan fingerprint density at radius 3 is 2.26 bits per heavy atom. The van der Waals surface area contributed by atoms with E-state index in [1.807, 2.05) is 31.2 Å². The maximum atomic E-state index is 13.1. The second-order valence-electron chi connectivity index (χ2n) is 8.07. The number of rotatable bonds is 9. The Kier molecular flexibility index (Phi) is 8.62. The molecule has 0 atom stereocenters. The summed E-state index contributed by atoms with van der Waals surface area (Å²) in [6, 6.07) is 12.0. The molecule has 1 saturated heterocycles. The summed E-state index contributed by atoms with van der Waals surface area (Å²) in [6.07, 6.45) is 0.574. The molecule has 0 aromatic heterocycles. The van der Waals surface area contributed by atoms with E-state index < -0.39 is 27.7 Å². The molecule has 0 aliphatic carbocycles. The van der Waals surface area contributed by atoms with Crippen molar-refractivity contribution in [3.8, 4) is 5.75 Å². The molecule has 1 fully saturated rings. The Morgan fingerprint density at radius 2 is 1.68 bits per heavy atom. The van der Waals surface area contributed by atoms with Crippen LogP contribution in [0.3, 0.4) is 0 Å². The third-order valence-corrected chi connectivity index (χ3v) is 7.57. The van der Waals surface area contributed by atoms with Crippen LogP contribution in [-0.2, 0) is 30.9 Å². The lowest BCUT2D eigenvalue weighted by Crippen LogP contribution is -2.41. The van der Waals surface area contributed by atoms with E-state index in [0.29, 0.717) is 13.2 Å². The molecule has 1 aliphatic rings. The largest absolute Gasteiger partial charge is 0.494 e. The highest BCUT2D eigenvalue weighted by Crippen LogP contribution is 2.25. The van der Waals surface area contributed by atoms with Crippen LogP contribution in [0.4, 0.5) is 4.39 Å². The Balaban J connectivity index is 1.44. The van der Waals surface area contributed by atoms with Gasteiger partial charge in [-0.05, 0) is 61.7 Å². The van der Waals surface area contributed by atoms with Crippen LogP contribution in [0.1, 0.15) is 25.3 Å². The Hall–Kier alpha value is -2.98. The van der Waals surface area contributed by atoms with Crippen molar-refractivity contribution in [3.05, 3.63) is 59.9 Å². The van der Waals surface area contributed by atoms with Crippen LogP contribution in [-0.4, -0.2) is 62.9 Å². The molecule has 8 nitrogen and oxygen atoms in total. The normalized spacial score (nSPS) is 15.0. The molecule has 0 unspecified atom stereocenters. The van der Waals surface area contributed by atoms with Crippen molar-refractivity contribution in [2.24, 2.45) is 5.92 Å². The fourth-order valence-electron chi connectivity index (χ4n) is 3.67. The lowest BCUT2D eigenvalue weighted by Gasteiger charge is -2.30. The molecule has 10 heteroatoms. The maximum Gasteiger partial charge on any atom is 0.309 e. The minimum Gasteiger partial charge on any atom is -0.494 e. The predicted octanol–water partition coefficient (Wildman–Crippen LogP) is 2.83. The summed E-state index contributed by atoms with van der Waals surface area (Å²) in [6.45, 7) is 2.76. The number of esters is 1. The highest BCUT2D eigenvalue weighted by Gasteiger charge is 2.33. The first-order chi connectivity index (χ1) is 16.2. The quantitative estimate of drug-likeness (QED) is 0.500. The Labute approximate surface area is 199 Å².